The van der Waals surface area contributed by atoms with Gasteiger partial charge in [0.25, 0.3) is 10.0 Å². The van der Waals surface area contributed by atoms with Gasteiger partial charge < -0.3 is 9.88 Å². The maximum absolute atomic E-state index is 11.6. The second-order valence-electron chi connectivity index (χ2n) is 3.13. The molecular weight excluding hydrogens is 252 g/mol. The van der Waals surface area contributed by atoms with Crippen LogP contribution in [-0.2, 0) is 17.1 Å². The minimum Gasteiger partial charge on any atom is -0.339 e. The molecule has 1 aromatic heterocycles. The van der Waals surface area contributed by atoms with Gasteiger partial charge in [-0.2, -0.15) is 0 Å². The standard InChI is InChI=1S/C8H16N4O2S.ClH/c1-3-9-4-5-11-15(13,14)8-6-12(2)7-10-8;/h6-7,9,11H,3-5H2,1-2H3;1H. The van der Waals surface area contributed by atoms with Gasteiger partial charge in [0, 0.05) is 26.3 Å². The van der Waals surface area contributed by atoms with Gasteiger partial charge in [-0.25, -0.2) is 18.1 Å². The van der Waals surface area contributed by atoms with Crippen LogP contribution in [0.4, 0.5) is 0 Å². The van der Waals surface area contributed by atoms with Gasteiger partial charge in [0.05, 0.1) is 6.33 Å². The second-order valence-corrected chi connectivity index (χ2v) is 4.84. The van der Waals surface area contributed by atoms with E-state index in [0.717, 1.165) is 6.54 Å². The predicted molar refractivity (Wildman–Crippen MR) is 64.2 cm³/mol. The first-order valence-electron chi connectivity index (χ1n) is 4.74. The summed E-state index contributed by atoms with van der Waals surface area (Å²) < 4.78 is 27.2. The Balaban J connectivity index is 0.00000225. The van der Waals surface area contributed by atoms with Crippen molar-refractivity contribution < 1.29 is 8.42 Å². The second kappa shape index (κ2) is 6.85. The Kier molecular flexibility index (Phi) is 6.58. The number of aromatic nitrogens is 2. The summed E-state index contributed by atoms with van der Waals surface area (Å²) in [4.78, 5) is 3.78. The normalized spacial score (nSPS) is 11.1. The Bertz CT molecular complexity index is 404. The first kappa shape index (κ1) is 15.4. The molecule has 0 aliphatic rings. The molecule has 1 aromatic rings. The van der Waals surface area contributed by atoms with E-state index in [0.29, 0.717) is 13.1 Å². The highest BCUT2D eigenvalue weighted by Crippen LogP contribution is 2.02. The third-order valence-electron chi connectivity index (χ3n) is 1.80. The van der Waals surface area contributed by atoms with Crippen molar-refractivity contribution >= 4 is 22.4 Å². The maximum Gasteiger partial charge on any atom is 0.259 e. The lowest BCUT2D eigenvalue weighted by Crippen LogP contribution is -2.31. The number of hydrogen-bond acceptors (Lipinski definition) is 4. The Labute approximate surface area is 102 Å². The molecule has 0 aliphatic carbocycles. The Morgan fingerprint density at radius 1 is 1.44 bits per heavy atom. The molecular formula is C8H17ClN4O2S. The summed E-state index contributed by atoms with van der Waals surface area (Å²) in [5, 5.41) is 3.08. The van der Waals surface area contributed by atoms with Crippen molar-refractivity contribution in [2.75, 3.05) is 19.6 Å². The zero-order valence-electron chi connectivity index (χ0n) is 9.30. The lowest BCUT2D eigenvalue weighted by molar-refractivity contribution is 0.574. The van der Waals surface area contributed by atoms with Crippen LogP contribution in [0.15, 0.2) is 17.6 Å². The van der Waals surface area contributed by atoms with E-state index in [1.165, 1.54) is 12.5 Å². The summed E-state index contributed by atoms with van der Waals surface area (Å²) in [5.74, 6) is 0. The van der Waals surface area contributed by atoms with E-state index in [2.05, 4.69) is 15.0 Å². The molecule has 2 N–H and O–H groups in total. The molecule has 0 aliphatic heterocycles. The van der Waals surface area contributed by atoms with Crippen molar-refractivity contribution in [2.24, 2.45) is 7.05 Å². The van der Waals surface area contributed by atoms with Gasteiger partial charge in [-0.3, -0.25) is 0 Å². The van der Waals surface area contributed by atoms with Crippen molar-refractivity contribution in [3.05, 3.63) is 12.5 Å². The fraction of sp³-hybridized carbons (Fsp3) is 0.625. The van der Waals surface area contributed by atoms with Gasteiger partial charge in [-0.05, 0) is 6.54 Å². The van der Waals surface area contributed by atoms with Crippen LogP contribution in [0.3, 0.4) is 0 Å². The molecule has 0 spiro atoms. The number of nitrogens with zero attached hydrogens (tertiary/aromatic N) is 2. The van der Waals surface area contributed by atoms with Gasteiger partial charge in [0.15, 0.2) is 5.03 Å². The van der Waals surface area contributed by atoms with Gasteiger partial charge >= 0.3 is 0 Å². The topological polar surface area (TPSA) is 76.0 Å². The van der Waals surface area contributed by atoms with Crippen molar-refractivity contribution in [3.8, 4) is 0 Å². The monoisotopic (exact) mass is 268 g/mol. The van der Waals surface area contributed by atoms with Crippen LogP contribution < -0.4 is 10.0 Å². The summed E-state index contributed by atoms with van der Waals surface area (Å²) in [6, 6.07) is 0. The number of hydrogen-bond donors (Lipinski definition) is 2. The number of imidazole rings is 1. The zero-order valence-corrected chi connectivity index (χ0v) is 10.9. The smallest absolute Gasteiger partial charge is 0.259 e. The van der Waals surface area contributed by atoms with Crippen LogP contribution in [0.2, 0.25) is 0 Å². The number of sulfonamides is 1. The Morgan fingerprint density at radius 2 is 2.12 bits per heavy atom. The van der Waals surface area contributed by atoms with Crippen molar-refractivity contribution in [1.29, 1.82) is 0 Å². The van der Waals surface area contributed by atoms with E-state index >= 15 is 0 Å². The first-order chi connectivity index (χ1) is 7.06. The van der Waals surface area contributed by atoms with Gasteiger partial charge in [-0.15, -0.1) is 12.4 Å². The summed E-state index contributed by atoms with van der Waals surface area (Å²) in [6.07, 6.45) is 2.93. The van der Waals surface area contributed by atoms with E-state index in [9.17, 15) is 8.42 Å². The molecule has 0 amide bonds. The summed E-state index contributed by atoms with van der Waals surface area (Å²) in [6.45, 7) is 3.77. The van der Waals surface area contributed by atoms with E-state index in [-0.39, 0.29) is 17.4 Å². The summed E-state index contributed by atoms with van der Waals surface area (Å²) in [7, 11) is -1.72. The average Bonchev–Trinajstić information content (AvgIpc) is 2.60. The van der Waals surface area contributed by atoms with Crippen LogP contribution in [0.5, 0.6) is 0 Å². The van der Waals surface area contributed by atoms with E-state index in [1.807, 2.05) is 6.92 Å². The van der Waals surface area contributed by atoms with Gasteiger partial charge in [0.1, 0.15) is 0 Å². The first-order valence-corrected chi connectivity index (χ1v) is 6.23. The Morgan fingerprint density at radius 3 is 2.62 bits per heavy atom. The molecule has 94 valence electrons. The van der Waals surface area contributed by atoms with Crippen molar-refractivity contribution in [3.63, 3.8) is 0 Å². The fourth-order valence-corrected chi connectivity index (χ4v) is 2.06. The van der Waals surface area contributed by atoms with Crippen LogP contribution >= 0.6 is 12.4 Å². The Hall–Kier alpha value is -0.630. The quantitative estimate of drug-likeness (QED) is 0.697. The number of likely N-dealkylation sites (N-methyl/N-ethyl adjacent to an activating group) is 1. The molecule has 0 radical (unpaired) electrons. The van der Waals surface area contributed by atoms with Crippen molar-refractivity contribution in [1.82, 2.24) is 19.6 Å². The van der Waals surface area contributed by atoms with Gasteiger partial charge in [0.2, 0.25) is 0 Å². The molecule has 1 rings (SSSR count). The minimum atomic E-state index is -3.44. The van der Waals surface area contributed by atoms with E-state index < -0.39 is 10.0 Å². The molecule has 0 bridgehead atoms. The number of halogens is 1. The molecule has 0 unspecified atom stereocenters. The molecule has 0 aromatic carbocycles. The van der Waals surface area contributed by atoms with Crippen molar-refractivity contribution in [2.45, 2.75) is 11.9 Å². The number of aryl methyl sites for hydroxylation is 1. The largest absolute Gasteiger partial charge is 0.339 e. The molecule has 1 heterocycles. The van der Waals surface area contributed by atoms with E-state index in [1.54, 1.807) is 11.6 Å². The molecule has 16 heavy (non-hydrogen) atoms. The molecule has 6 nitrogen and oxygen atoms in total. The SMILES string of the molecule is CCNCCNS(=O)(=O)c1cn(C)cn1.Cl. The average molecular weight is 269 g/mol. The highest BCUT2D eigenvalue weighted by Gasteiger charge is 2.15. The third-order valence-corrected chi connectivity index (χ3v) is 3.15. The van der Waals surface area contributed by atoms with Crippen LogP contribution in [0.25, 0.3) is 0 Å². The molecule has 0 saturated carbocycles. The summed E-state index contributed by atoms with van der Waals surface area (Å²) in [5.41, 5.74) is 0. The molecule has 0 atom stereocenters. The zero-order chi connectivity index (χ0) is 11.3. The molecule has 0 fully saturated rings. The maximum atomic E-state index is 11.6. The lowest BCUT2D eigenvalue weighted by atomic mass is 10.6. The predicted octanol–water partition coefficient (Wildman–Crippen LogP) is -0.270. The lowest BCUT2D eigenvalue weighted by Gasteiger charge is -2.03. The molecule has 8 heteroatoms. The van der Waals surface area contributed by atoms with Gasteiger partial charge in [-0.1, -0.05) is 6.92 Å². The number of nitrogens with one attached hydrogen (secondary N) is 2. The fourth-order valence-electron chi connectivity index (χ4n) is 1.05. The summed E-state index contributed by atoms with van der Waals surface area (Å²) >= 11 is 0. The minimum absolute atomic E-state index is 0. The van der Waals surface area contributed by atoms with Crippen LogP contribution in [0.1, 0.15) is 6.92 Å². The van der Waals surface area contributed by atoms with Crippen LogP contribution in [0, 0.1) is 0 Å². The third kappa shape index (κ3) is 4.48. The highest BCUT2D eigenvalue weighted by atomic mass is 35.5. The number of rotatable bonds is 6. The molecule has 0 saturated heterocycles. The van der Waals surface area contributed by atoms with Crippen LogP contribution in [-0.4, -0.2) is 37.6 Å². The van der Waals surface area contributed by atoms with E-state index in [4.69, 9.17) is 0 Å². The highest BCUT2D eigenvalue weighted by molar-refractivity contribution is 7.89.